The Hall–Kier alpha value is -0.970. The Morgan fingerprint density at radius 1 is 1.23 bits per heavy atom. The second kappa shape index (κ2) is 12.8. The fourth-order valence-electron chi connectivity index (χ4n) is 3.99. The van der Waals surface area contributed by atoms with Crippen molar-refractivity contribution < 1.29 is 13.9 Å². The highest BCUT2D eigenvalue weighted by atomic mass is 127. The molecule has 0 radical (unpaired) electrons. The minimum Gasteiger partial charge on any atom is -0.381 e. The lowest BCUT2D eigenvalue weighted by Crippen LogP contribution is -2.49. The fourth-order valence-corrected chi connectivity index (χ4v) is 3.99. The standard InChI is InChI=1S/C22H35FN4O2.HI/c1-3-24-21(25-17-22(28-2)10-14-29-15-11-22)26-20-8-12-27(13-9-20)16-18-4-6-19(23)7-5-18;/h4-7,20H,3,8-17H2,1-2H3,(H2,24,25,26);1H. The van der Waals surface area contributed by atoms with Gasteiger partial charge in [-0.15, -0.1) is 24.0 Å². The first kappa shape index (κ1) is 25.3. The molecule has 8 heteroatoms. The quantitative estimate of drug-likeness (QED) is 0.320. The van der Waals surface area contributed by atoms with Gasteiger partial charge >= 0.3 is 0 Å². The minimum absolute atomic E-state index is 0. The first-order valence-corrected chi connectivity index (χ1v) is 10.8. The first-order valence-electron chi connectivity index (χ1n) is 10.8. The van der Waals surface area contributed by atoms with E-state index in [0.29, 0.717) is 12.6 Å². The molecule has 0 aromatic heterocycles. The number of halogens is 2. The van der Waals surface area contributed by atoms with Crippen molar-refractivity contribution >= 4 is 29.9 Å². The Morgan fingerprint density at radius 3 is 2.50 bits per heavy atom. The average Bonchev–Trinajstić information content (AvgIpc) is 2.76. The highest BCUT2D eigenvalue weighted by Crippen LogP contribution is 2.24. The second-order valence-corrected chi connectivity index (χ2v) is 8.02. The lowest BCUT2D eigenvalue weighted by molar-refractivity contribution is -0.0828. The summed E-state index contributed by atoms with van der Waals surface area (Å²) in [5.74, 6) is 0.690. The first-order chi connectivity index (χ1) is 14.1. The van der Waals surface area contributed by atoms with E-state index in [1.165, 1.54) is 12.1 Å². The van der Waals surface area contributed by atoms with Crippen molar-refractivity contribution in [1.29, 1.82) is 0 Å². The third-order valence-electron chi connectivity index (χ3n) is 5.95. The molecule has 2 saturated heterocycles. The minimum atomic E-state index is -0.209. The van der Waals surface area contributed by atoms with Crippen molar-refractivity contribution in [2.75, 3.05) is 46.5 Å². The van der Waals surface area contributed by atoms with Crippen LogP contribution in [0.4, 0.5) is 4.39 Å². The lowest BCUT2D eigenvalue weighted by Gasteiger charge is -2.35. The number of hydrogen-bond acceptors (Lipinski definition) is 4. The molecule has 0 amide bonds. The number of rotatable bonds is 7. The Labute approximate surface area is 197 Å². The molecule has 2 aliphatic rings. The van der Waals surface area contributed by atoms with Gasteiger partial charge in [0.25, 0.3) is 0 Å². The number of likely N-dealkylation sites (tertiary alicyclic amines) is 1. The number of benzene rings is 1. The molecule has 0 unspecified atom stereocenters. The SMILES string of the molecule is CCNC(=NCC1(OC)CCOCC1)NC1CCN(Cc2ccc(F)cc2)CC1.I. The molecule has 2 N–H and O–H groups in total. The zero-order chi connectivity index (χ0) is 20.5. The van der Waals surface area contributed by atoms with Crippen LogP contribution in [0.3, 0.4) is 0 Å². The zero-order valence-corrected chi connectivity index (χ0v) is 20.5. The van der Waals surface area contributed by atoms with Crippen molar-refractivity contribution in [2.45, 2.75) is 50.8 Å². The van der Waals surface area contributed by atoms with Crippen LogP contribution in [0.2, 0.25) is 0 Å². The van der Waals surface area contributed by atoms with Crippen LogP contribution < -0.4 is 10.6 Å². The highest BCUT2D eigenvalue weighted by molar-refractivity contribution is 14.0. The molecule has 2 fully saturated rings. The molecular weight excluding hydrogens is 498 g/mol. The van der Waals surface area contributed by atoms with Gasteiger partial charge in [0, 0.05) is 65.4 Å². The third kappa shape index (κ3) is 7.62. The molecule has 3 rings (SSSR count). The Balaban J connectivity index is 0.00000320. The summed E-state index contributed by atoms with van der Waals surface area (Å²) in [6, 6.07) is 7.22. The lowest BCUT2D eigenvalue weighted by atomic mass is 9.94. The van der Waals surface area contributed by atoms with E-state index in [-0.39, 0.29) is 35.4 Å². The smallest absolute Gasteiger partial charge is 0.191 e. The summed E-state index contributed by atoms with van der Waals surface area (Å²) >= 11 is 0. The van der Waals surface area contributed by atoms with E-state index < -0.39 is 0 Å². The van der Waals surface area contributed by atoms with Gasteiger partial charge in [-0.2, -0.15) is 0 Å². The van der Waals surface area contributed by atoms with Crippen LogP contribution >= 0.6 is 24.0 Å². The maximum atomic E-state index is 13.1. The predicted octanol–water partition coefficient (Wildman–Crippen LogP) is 3.16. The van der Waals surface area contributed by atoms with E-state index in [9.17, 15) is 4.39 Å². The van der Waals surface area contributed by atoms with Crippen LogP contribution in [0.25, 0.3) is 0 Å². The molecule has 30 heavy (non-hydrogen) atoms. The summed E-state index contributed by atoms with van der Waals surface area (Å²) in [5.41, 5.74) is 0.952. The number of piperidine rings is 1. The van der Waals surface area contributed by atoms with E-state index in [0.717, 1.165) is 76.6 Å². The summed E-state index contributed by atoms with van der Waals surface area (Å²) in [4.78, 5) is 7.26. The number of hydrogen-bond donors (Lipinski definition) is 2. The van der Waals surface area contributed by atoms with E-state index in [4.69, 9.17) is 14.5 Å². The molecule has 1 aromatic carbocycles. The molecule has 0 bridgehead atoms. The van der Waals surface area contributed by atoms with Gasteiger partial charge < -0.3 is 20.1 Å². The monoisotopic (exact) mass is 534 g/mol. The van der Waals surface area contributed by atoms with Crippen LogP contribution in [0.15, 0.2) is 29.3 Å². The Morgan fingerprint density at radius 2 is 1.90 bits per heavy atom. The topological polar surface area (TPSA) is 58.1 Å². The molecule has 0 atom stereocenters. The molecule has 6 nitrogen and oxygen atoms in total. The van der Waals surface area contributed by atoms with Crippen LogP contribution in [-0.2, 0) is 16.0 Å². The predicted molar refractivity (Wildman–Crippen MR) is 129 cm³/mol. The molecular formula is C22H36FIN4O2. The Bertz CT molecular complexity index is 645. The van der Waals surface area contributed by atoms with Crippen molar-refractivity contribution in [3.05, 3.63) is 35.6 Å². The molecule has 170 valence electrons. The molecule has 0 aliphatic carbocycles. The van der Waals surface area contributed by atoms with Gasteiger partial charge in [-0.25, -0.2) is 4.39 Å². The maximum absolute atomic E-state index is 13.1. The van der Waals surface area contributed by atoms with Gasteiger partial charge in [-0.3, -0.25) is 9.89 Å². The number of ether oxygens (including phenoxy) is 2. The van der Waals surface area contributed by atoms with Crippen molar-refractivity contribution in [1.82, 2.24) is 15.5 Å². The highest BCUT2D eigenvalue weighted by Gasteiger charge is 2.32. The van der Waals surface area contributed by atoms with Crippen LogP contribution in [-0.4, -0.2) is 69.0 Å². The maximum Gasteiger partial charge on any atom is 0.191 e. The van der Waals surface area contributed by atoms with Gasteiger partial charge in [-0.05, 0) is 37.5 Å². The molecule has 1 aromatic rings. The van der Waals surface area contributed by atoms with E-state index >= 15 is 0 Å². The largest absolute Gasteiger partial charge is 0.381 e. The van der Waals surface area contributed by atoms with Gasteiger partial charge in [0.15, 0.2) is 5.96 Å². The second-order valence-electron chi connectivity index (χ2n) is 8.02. The summed E-state index contributed by atoms with van der Waals surface area (Å²) in [6.07, 6.45) is 3.89. The van der Waals surface area contributed by atoms with E-state index in [2.05, 4.69) is 22.5 Å². The van der Waals surface area contributed by atoms with Crippen molar-refractivity contribution in [3.63, 3.8) is 0 Å². The normalized spacial score (nSPS) is 20.4. The molecule has 2 heterocycles. The zero-order valence-electron chi connectivity index (χ0n) is 18.2. The van der Waals surface area contributed by atoms with Crippen LogP contribution in [0, 0.1) is 5.82 Å². The van der Waals surface area contributed by atoms with Crippen LogP contribution in [0.1, 0.15) is 38.2 Å². The van der Waals surface area contributed by atoms with Crippen LogP contribution in [0.5, 0.6) is 0 Å². The number of guanidine groups is 1. The summed E-state index contributed by atoms with van der Waals surface area (Å²) in [7, 11) is 1.78. The van der Waals surface area contributed by atoms with Gasteiger partial charge in [0.1, 0.15) is 5.82 Å². The van der Waals surface area contributed by atoms with Crippen molar-refractivity contribution in [2.24, 2.45) is 4.99 Å². The summed E-state index contributed by atoms with van der Waals surface area (Å²) in [5, 5.41) is 6.98. The molecule has 0 saturated carbocycles. The Kier molecular flexibility index (Phi) is 10.8. The average molecular weight is 534 g/mol. The molecule has 0 spiro atoms. The fraction of sp³-hybridized carbons (Fsp3) is 0.682. The number of nitrogens with one attached hydrogen (secondary N) is 2. The van der Waals surface area contributed by atoms with E-state index in [1.54, 1.807) is 7.11 Å². The van der Waals surface area contributed by atoms with Crippen molar-refractivity contribution in [3.8, 4) is 0 Å². The van der Waals surface area contributed by atoms with Gasteiger partial charge in [-0.1, -0.05) is 12.1 Å². The summed E-state index contributed by atoms with van der Waals surface area (Å²) in [6.45, 7) is 7.95. The van der Waals surface area contributed by atoms with Gasteiger partial charge in [0.05, 0.1) is 12.1 Å². The number of methoxy groups -OCH3 is 1. The van der Waals surface area contributed by atoms with E-state index in [1.807, 2.05) is 12.1 Å². The number of aliphatic imine (C=N–C) groups is 1. The summed E-state index contributed by atoms with van der Waals surface area (Å²) < 4.78 is 24.4. The third-order valence-corrected chi connectivity index (χ3v) is 5.95. The van der Waals surface area contributed by atoms with Gasteiger partial charge in [0.2, 0.25) is 0 Å². The molecule has 2 aliphatic heterocycles. The number of nitrogens with zero attached hydrogens (tertiary/aromatic N) is 2.